The summed E-state index contributed by atoms with van der Waals surface area (Å²) in [6.45, 7) is 6.60. The van der Waals surface area contributed by atoms with Gasteiger partial charge in [0.2, 0.25) is 0 Å². The van der Waals surface area contributed by atoms with E-state index in [9.17, 15) is 0 Å². The standard InChI is InChI=1S/C14H21NO.H3N/c1-14(12-16-2)8-9-15(11-14)10-13-6-4-3-5-7-13;/h3-7H,8-12H2,1-2H3;1H3. The molecule has 3 N–H and O–H groups in total. The average Bonchev–Trinajstić information content (AvgIpc) is 2.62. The molecule has 0 aliphatic carbocycles. The summed E-state index contributed by atoms with van der Waals surface area (Å²) in [5.74, 6) is 0. The third-order valence-electron chi connectivity index (χ3n) is 3.38. The molecule has 1 aromatic rings. The van der Waals surface area contributed by atoms with Gasteiger partial charge in [0.05, 0.1) is 6.61 Å². The quantitative estimate of drug-likeness (QED) is 0.874. The Morgan fingerprint density at radius 1 is 1.29 bits per heavy atom. The number of likely N-dealkylation sites (tertiary alicyclic amines) is 1. The highest BCUT2D eigenvalue weighted by Gasteiger charge is 2.33. The van der Waals surface area contributed by atoms with Gasteiger partial charge in [-0.2, -0.15) is 0 Å². The van der Waals surface area contributed by atoms with E-state index in [2.05, 4.69) is 42.2 Å². The molecule has 17 heavy (non-hydrogen) atoms. The lowest BCUT2D eigenvalue weighted by Crippen LogP contribution is -2.28. The van der Waals surface area contributed by atoms with Crippen molar-refractivity contribution in [2.45, 2.75) is 19.9 Å². The van der Waals surface area contributed by atoms with E-state index >= 15 is 0 Å². The third-order valence-corrected chi connectivity index (χ3v) is 3.38. The van der Waals surface area contributed by atoms with Crippen molar-refractivity contribution in [1.82, 2.24) is 11.1 Å². The van der Waals surface area contributed by atoms with E-state index in [4.69, 9.17) is 4.74 Å². The van der Waals surface area contributed by atoms with E-state index in [0.717, 1.165) is 19.7 Å². The summed E-state index contributed by atoms with van der Waals surface area (Å²) in [4.78, 5) is 2.52. The van der Waals surface area contributed by atoms with Crippen LogP contribution in [-0.4, -0.2) is 31.7 Å². The number of rotatable bonds is 4. The summed E-state index contributed by atoms with van der Waals surface area (Å²) < 4.78 is 5.30. The van der Waals surface area contributed by atoms with Crippen molar-refractivity contribution in [2.75, 3.05) is 26.8 Å². The highest BCUT2D eigenvalue weighted by molar-refractivity contribution is 5.14. The van der Waals surface area contributed by atoms with Crippen LogP contribution in [0.1, 0.15) is 18.9 Å². The molecule has 96 valence electrons. The molecule has 3 heteroatoms. The zero-order valence-electron chi connectivity index (χ0n) is 11.0. The van der Waals surface area contributed by atoms with E-state index in [1.165, 1.54) is 18.5 Å². The number of hydrogen-bond donors (Lipinski definition) is 1. The molecular weight excluding hydrogens is 212 g/mol. The lowest BCUT2D eigenvalue weighted by atomic mass is 9.91. The van der Waals surface area contributed by atoms with Gasteiger partial charge < -0.3 is 10.9 Å². The van der Waals surface area contributed by atoms with Crippen LogP contribution in [0.25, 0.3) is 0 Å². The SMILES string of the molecule is COCC1(C)CCN(Cc2ccccc2)C1.N. The Morgan fingerprint density at radius 2 is 2.00 bits per heavy atom. The molecule has 2 rings (SSSR count). The number of nitrogens with zero attached hydrogens (tertiary/aromatic N) is 1. The van der Waals surface area contributed by atoms with Gasteiger partial charge in [-0.3, -0.25) is 4.90 Å². The van der Waals surface area contributed by atoms with Gasteiger partial charge in [0.1, 0.15) is 0 Å². The van der Waals surface area contributed by atoms with Crippen LogP contribution in [0.3, 0.4) is 0 Å². The van der Waals surface area contributed by atoms with Crippen LogP contribution in [0.15, 0.2) is 30.3 Å². The first kappa shape index (κ1) is 14.2. The Hall–Kier alpha value is -0.900. The first-order valence-electron chi connectivity index (χ1n) is 5.97. The minimum Gasteiger partial charge on any atom is -0.384 e. The van der Waals surface area contributed by atoms with Crippen LogP contribution >= 0.6 is 0 Å². The molecule has 1 aliphatic heterocycles. The van der Waals surface area contributed by atoms with Crippen LogP contribution in [0.4, 0.5) is 0 Å². The van der Waals surface area contributed by atoms with Gasteiger partial charge in [-0.15, -0.1) is 0 Å². The van der Waals surface area contributed by atoms with E-state index in [0.29, 0.717) is 5.41 Å². The van der Waals surface area contributed by atoms with Crippen molar-refractivity contribution < 1.29 is 4.74 Å². The topological polar surface area (TPSA) is 47.5 Å². The molecule has 0 bridgehead atoms. The Bertz CT molecular complexity index is 328. The van der Waals surface area contributed by atoms with E-state index in [1.807, 2.05) is 0 Å². The van der Waals surface area contributed by atoms with Gasteiger partial charge in [-0.05, 0) is 18.5 Å². The maximum Gasteiger partial charge on any atom is 0.0528 e. The van der Waals surface area contributed by atoms with E-state index in [-0.39, 0.29) is 6.15 Å². The Labute approximate surface area is 104 Å². The van der Waals surface area contributed by atoms with Crippen molar-refractivity contribution >= 4 is 0 Å². The third kappa shape index (κ3) is 3.80. The maximum absolute atomic E-state index is 5.30. The fourth-order valence-electron chi connectivity index (χ4n) is 2.57. The lowest BCUT2D eigenvalue weighted by molar-refractivity contribution is 0.0956. The molecule has 0 radical (unpaired) electrons. The molecule has 1 heterocycles. The van der Waals surface area contributed by atoms with Crippen molar-refractivity contribution in [1.29, 1.82) is 0 Å². The summed E-state index contributed by atoms with van der Waals surface area (Å²) in [7, 11) is 1.80. The second kappa shape index (κ2) is 6.15. The minimum atomic E-state index is 0. The summed E-state index contributed by atoms with van der Waals surface area (Å²) in [6.07, 6.45) is 1.24. The smallest absolute Gasteiger partial charge is 0.0528 e. The second-order valence-corrected chi connectivity index (χ2v) is 5.19. The zero-order chi connectivity index (χ0) is 11.4. The molecule has 1 aromatic carbocycles. The van der Waals surface area contributed by atoms with Crippen molar-refractivity contribution in [3.8, 4) is 0 Å². The van der Waals surface area contributed by atoms with Gasteiger partial charge in [-0.25, -0.2) is 0 Å². The molecule has 1 saturated heterocycles. The first-order chi connectivity index (χ1) is 7.72. The van der Waals surface area contributed by atoms with Crippen molar-refractivity contribution in [3.63, 3.8) is 0 Å². The van der Waals surface area contributed by atoms with Gasteiger partial charge in [0.15, 0.2) is 0 Å². The van der Waals surface area contributed by atoms with Crippen LogP contribution in [0.2, 0.25) is 0 Å². The fourth-order valence-corrected chi connectivity index (χ4v) is 2.57. The summed E-state index contributed by atoms with van der Waals surface area (Å²) in [5.41, 5.74) is 1.76. The highest BCUT2D eigenvalue weighted by Crippen LogP contribution is 2.30. The number of methoxy groups -OCH3 is 1. The summed E-state index contributed by atoms with van der Waals surface area (Å²) in [6, 6.07) is 10.7. The Morgan fingerprint density at radius 3 is 2.65 bits per heavy atom. The molecule has 1 fully saturated rings. The molecule has 1 atom stereocenters. The number of hydrogen-bond acceptors (Lipinski definition) is 3. The Kier molecular flexibility index (Phi) is 5.12. The molecular formula is C14H24N2O. The predicted octanol–water partition coefficient (Wildman–Crippen LogP) is 2.71. The van der Waals surface area contributed by atoms with Crippen LogP contribution in [0, 0.1) is 5.41 Å². The molecule has 0 amide bonds. The number of ether oxygens (including phenoxy) is 1. The van der Waals surface area contributed by atoms with Crippen LogP contribution in [-0.2, 0) is 11.3 Å². The monoisotopic (exact) mass is 236 g/mol. The Balaban J connectivity index is 0.00000144. The first-order valence-corrected chi connectivity index (χ1v) is 5.97. The van der Waals surface area contributed by atoms with Gasteiger partial charge in [0.25, 0.3) is 0 Å². The highest BCUT2D eigenvalue weighted by atomic mass is 16.5. The maximum atomic E-state index is 5.30. The average molecular weight is 236 g/mol. The predicted molar refractivity (Wildman–Crippen MR) is 71.3 cm³/mol. The van der Waals surface area contributed by atoms with E-state index < -0.39 is 0 Å². The molecule has 1 aliphatic rings. The zero-order valence-corrected chi connectivity index (χ0v) is 11.0. The molecule has 1 unspecified atom stereocenters. The molecule has 0 spiro atoms. The van der Waals surface area contributed by atoms with Crippen molar-refractivity contribution in [2.24, 2.45) is 5.41 Å². The normalized spacial score (nSPS) is 24.6. The fraction of sp³-hybridized carbons (Fsp3) is 0.571. The van der Waals surface area contributed by atoms with Gasteiger partial charge >= 0.3 is 0 Å². The van der Waals surface area contributed by atoms with E-state index in [1.54, 1.807) is 7.11 Å². The van der Waals surface area contributed by atoms with Gasteiger partial charge in [0, 0.05) is 25.6 Å². The molecule has 0 saturated carbocycles. The molecule has 0 aromatic heterocycles. The largest absolute Gasteiger partial charge is 0.384 e. The van der Waals surface area contributed by atoms with Crippen molar-refractivity contribution in [3.05, 3.63) is 35.9 Å². The van der Waals surface area contributed by atoms with Gasteiger partial charge in [-0.1, -0.05) is 37.3 Å². The molecule has 3 nitrogen and oxygen atoms in total. The number of benzene rings is 1. The van der Waals surface area contributed by atoms with Crippen LogP contribution in [0.5, 0.6) is 0 Å². The van der Waals surface area contributed by atoms with Crippen LogP contribution < -0.4 is 6.15 Å². The lowest BCUT2D eigenvalue weighted by Gasteiger charge is -2.23. The summed E-state index contributed by atoms with van der Waals surface area (Å²) in [5, 5.41) is 0. The second-order valence-electron chi connectivity index (χ2n) is 5.19. The summed E-state index contributed by atoms with van der Waals surface area (Å²) >= 11 is 0. The minimum absolute atomic E-state index is 0.